The molecular weight excluding hydrogens is 309 g/mol. The van der Waals surface area contributed by atoms with Crippen molar-refractivity contribution in [2.24, 2.45) is 11.8 Å². The summed E-state index contributed by atoms with van der Waals surface area (Å²) < 4.78 is 18.7. The third-order valence-electron chi connectivity index (χ3n) is 5.11. The highest BCUT2D eigenvalue weighted by Crippen LogP contribution is 2.45. The molecule has 1 aromatic rings. The zero-order chi connectivity index (χ0) is 17.5. The molecule has 2 aliphatic rings. The SMILES string of the molecule is CC(C)(C)OC(=O)N1C[C@@H]2CC[C@H](O)[C@@H](c3ccc(F)cc3)[C@@H]2C1. The number of likely N-dealkylation sites (tertiary alicyclic amines) is 1. The molecule has 1 heterocycles. The molecule has 132 valence electrons. The number of carbonyl (C=O) groups is 1. The number of fused-ring (bicyclic) bond motifs is 1. The third-order valence-corrected chi connectivity index (χ3v) is 5.11. The first kappa shape index (κ1) is 17.2. The van der Waals surface area contributed by atoms with Crippen LogP contribution in [0.25, 0.3) is 0 Å². The van der Waals surface area contributed by atoms with E-state index in [1.807, 2.05) is 20.8 Å². The monoisotopic (exact) mass is 335 g/mol. The van der Waals surface area contributed by atoms with Gasteiger partial charge >= 0.3 is 6.09 Å². The molecule has 2 fully saturated rings. The molecule has 0 radical (unpaired) electrons. The summed E-state index contributed by atoms with van der Waals surface area (Å²) in [5.74, 6) is 0.210. The topological polar surface area (TPSA) is 49.8 Å². The van der Waals surface area contributed by atoms with Crippen LogP contribution in [0.1, 0.15) is 45.1 Å². The molecule has 4 atom stereocenters. The number of aliphatic hydroxyl groups excluding tert-OH is 1. The fourth-order valence-corrected chi connectivity index (χ4v) is 4.09. The Bertz CT molecular complexity index is 596. The Morgan fingerprint density at radius 3 is 2.50 bits per heavy atom. The van der Waals surface area contributed by atoms with E-state index in [9.17, 15) is 14.3 Å². The van der Waals surface area contributed by atoms with Crippen molar-refractivity contribution in [2.75, 3.05) is 13.1 Å². The van der Waals surface area contributed by atoms with E-state index in [2.05, 4.69) is 0 Å². The molecule has 0 aromatic heterocycles. The number of nitrogens with zero attached hydrogens (tertiary/aromatic N) is 1. The Balaban J connectivity index is 1.77. The van der Waals surface area contributed by atoms with E-state index < -0.39 is 11.7 Å². The lowest BCUT2D eigenvalue weighted by Crippen LogP contribution is -2.37. The molecule has 1 aromatic carbocycles. The van der Waals surface area contributed by atoms with Crippen molar-refractivity contribution < 1.29 is 19.0 Å². The average molecular weight is 335 g/mol. The molecule has 0 bridgehead atoms. The molecule has 24 heavy (non-hydrogen) atoms. The number of halogens is 1. The van der Waals surface area contributed by atoms with Gasteiger partial charge in [-0.15, -0.1) is 0 Å². The maximum Gasteiger partial charge on any atom is 0.410 e. The van der Waals surface area contributed by atoms with Gasteiger partial charge in [0.25, 0.3) is 0 Å². The minimum atomic E-state index is -0.513. The van der Waals surface area contributed by atoms with E-state index in [0.29, 0.717) is 25.4 Å². The van der Waals surface area contributed by atoms with Crippen molar-refractivity contribution >= 4 is 6.09 Å². The van der Waals surface area contributed by atoms with Gasteiger partial charge in [-0.3, -0.25) is 0 Å². The highest BCUT2D eigenvalue weighted by molar-refractivity contribution is 5.68. The molecule has 3 rings (SSSR count). The Kier molecular flexibility index (Phi) is 4.56. The number of amides is 1. The Labute approximate surface area is 142 Å². The minimum Gasteiger partial charge on any atom is -0.444 e. The molecule has 0 unspecified atom stereocenters. The molecule has 1 amide bonds. The zero-order valence-electron chi connectivity index (χ0n) is 14.5. The lowest BCUT2D eigenvalue weighted by molar-refractivity contribution is 0.0278. The molecule has 1 saturated heterocycles. The number of ether oxygens (including phenoxy) is 1. The van der Waals surface area contributed by atoms with Gasteiger partial charge in [0.05, 0.1) is 6.10 Å². The highest BCUT2D eigenvalue weighted by atomic mass is 19.1. The van der Waals surface area contributed by atoms with E-state index in [4.69, 9.17) is 4.74 Å². The molecule has 5 heteroatoms. The summed E-state index contributed by atoms with van der Waals surface area (Å²) in [6.45, 7) is 6.83. The highest BCUT2D eigenvalue weighted by Gasteiger charge is 2.46. The summed E-state index contributed by atoms with van der Waals surface area (Å²) in [5, 5.41) is 10.5. The predicted molar refractivity (Wildman–Crippen MR) is 89.2 cm³/mol. The molecule has 1 saturated carbocycles. The van der Waals surface area contributed by atoms with E-state index in [-0.39, 0.29) is 23.7 Å². The standard InChI is InChI=1S/C19H26FNO3/c1-19(2,3)24-18(23)21-10-13-6-9-16(22)17(15(13)11-21)12-4-7-14(20)8-5-12/h4-5,7-8,13,15-17,22H,6,9-11H2,1-3H3/t13-,15+,16-,17-/m0/s1. The number of rotatable bonds is 1. The number of aliphatic hydroxyl groups is 1. The van der Waals surface area contributed by atoms with Crippen molar-refractivity contribution in [1.29, 1.82) is 0 Å². The molecule has 4 nitrogen and oxygen atoms in total. The molecule has 0 spiro atoms. The lowest BCUT2D eigenvalue weighted by atomic mass is 9.69. The van der Waals surface area contributed by atoms with Gasteiger partial charge in [0, 0.05) is 19.0 Å². The van der Waals surface area contributed by atoms with Crippen LogP contribution in [-0.4, -0.2) is 40.9 Å². The van der Waals surface area contributed by atoms with E-state index in [0.717, 1.165) is 12.0 Å². The first-order valence-electron chi connectivity index (χ1n) is 8.66. The maximum absolute atomic E-state index is 13.2. The van der Waals surface area contributed by atoms with E-state index in [1.165, 1.54) is 12.1 Å². The molecule has 1 aliphatic heterocycles. The Morgan fingerprint density at radius 1 is 1.21 bits per heavy atom. The molecule has 1 N–H and O–H groups in total. The maximum atomic E-state index is 13.2. The summed E-state index contributed by atoms with van der Waals surface area (Å²) in [6.07, 6.45) is 0.883. The van der Waals surface area contributed by atoms with Crippen LogP contribution in [0.3, 0.4) is 0 Å². The summed E-state index contributed by atoms with van der Waals surface area (Å²) in [6, 6.07) is 6.38. The van der Waals surface area contributed by atoms with Crippen LogP contribution in [-0.2, 0) is 4.74 Å². The van der Waals surface area contributed by atoms with Gasteiger partial charge in [-0.25, -0.2) is 9.18 Å². The van der Waals surface area contributed by atoms with E-state index >= 15 is 0 Å². The minimum absolute atomic E-state index is 0.0585. The van der Waals surface area contributed by atoms with Gasteiger partial charge in [-0.2, -0.15) is 0 Å². The van der Waals surface area contributed by atoms with Crippen molar-refractivity contribution in [3.63, 3.8) is 0 Å². The van der Waals surface area contributed by atoms with Gasteiger partial charge in [-0.1, -0.05) is 12.1 Å². The summed E-state index contributed by atoms with van der Waals surface area (Å²) in [7, 11) is 0. The normalized spacial score (nSPS) is 30.1. The lowest BCUT2D eigenvalue weighted by Gasteiger charge is -2.37. The smallest absolute Gasteiger partial charge is 0.410 e. The Hall–Kier alpha value is -1.62. The van der Waals surface area contributed by atoms with Crippen LogP contribution < -0.4 is 0 Å². The predicted octanol–water partition coefficient (Wildman–Crippen LogP) is 3.55. The zero-order valence-corrected chi connectivity index (χ0v) is 14.5. The molecule has 1 aliphatic carbocycles. The van der Waals surface area contributed by atoms with Gasteiger partial charge in [0.2, 0.25) is 0 Å². The van der Waals surface area contributed by atoms with Crippen molar-refractivity contribution in [1.82, 2.24) is 4.90 Å². The summed E-state index contributed by atoms with van der Waals surface area (Å²) in [4.78, 5) is 14.1. The van der Waals surface area contributed by atoms with Crippen LogP contribution in [0.2, 0.25) is 0 Å². The quantitative estimate of drug-likeness (QED) is 0.854. The first-order chi connectivity index (χ1) is 11.2. The fourth-order valence-electron chi connectivity index (χ4n) is 4.09. The summed E-state index contributed by atoms with van der Waals surface area (Å²) in [5.41, 5.74) is 0.436. The second-order valence-corrected chi connectivity index (χ2v) is 8.03. The first-order valence-corrected chi connectivity index (χ1v) is 8.66. The second kappa shape index (κ2) is 6.36. The van der Waals surface area contributed by atoms with Crippen LogP contribution in [0.15, 0.2) is 24.3 Å². The second-order valence-electron chi connectivity index (χ2n) is 8.03. The number of carbonyl (C=O) groups excluding carboxylic acids is 1. The van der Waals surface area contributed by atoms with Crippen LogP contribution >= 0.6 is 0 Å². The third kappa shape index (κ3) is 3.56. The largest absolute Gasteiger partial charge is 0.444 e. The van der Waals surface area contributed by atoms with Crippen LogP contribution in [0.4, 0.5) is 9.18 Å². The van der Waals surface area contributed by atoms with Gasteiger partial charge in [0.1, 0.15) is 11.4 Å². The van der Waals surface area contributed by atoms with E-state index in [1.54, 1.807) is 17.0 Å². The van der Waals surface area contributed by atoms with Gasteiger partial charge in [0.15, 0.2) is 0 Å². The number of hydrogen-bond acceptors (Lipinski definition) is 3. The number of hydrogen-bond donors (Lipinski definition) is 1. The number of benzene rings is 1. The van der Waals surface area contributed by atoms with Gasteiger partial charge in [-0.05, 0) is 63.1 Å². The van der Waals surface area contributed by atoms with Gasteiger partial charge < -0.3 is 14.7 Å². The van der Waals surface area contributed by atoms with Crippen LogP contribution in [0.5, 0.6) is 0 Å². The van der Waals surface area contributed by atoms with Crippen LogP contribution in [0, 0.1) is 17.7 Å². The fraction of sp³-hybridized carbons (Fsp3) is 0.632. The average Bonchev–Trinajstić information content (AvgIpc) is 2.91. The Morgan fingerprint density at radius 2 is 1.88 bits per heavy atom. The summed E-state index contributed by atoms with van der Waals surface area (Å²) >= 11 is 0. The van der Waals surface area contributed by atoms with Crippen molar-refractivity contribution in [2.45, 2.75) is 51.2 Å². The molecular formula is C19H26FNO3. The van der Waals surface area contributed by atoms with Crippen molar-refractivity contribution in [3.05, 3.63) is 35.6 Å². The van der Waals surface area contributed by atoms with Crippen molar-refractivity contribution in [3.8, 4) is 0 Å².